The average molecular weight is 287 g/mol. The van der Waals surface area contributed by atoms with E-state index >= 15 is 0 Å². The van der Waals surface area contributed by atoms with E-state index in [0.717, 1.165) is 25.1 Å². The van der Waals surface area contributed by atoms with Gasteiger partial charge in [-0.1, -0.05) is 18.2 Å². The number of halogens is 1. The van der Waals surface area contributed by atoms with E-state index in [2.05, 4.69) is 28.3 Å². The molecule has 1 aromatic carbocycles. The van der Waals surface area contributed by atoms with E-state index in [1.165, 1.54) is 11.6 Å². The molecule has 1 atom stereocenters. The van der Waals surface area contributed by atoms with Gasteiger partial charge in [-0.2, -0.15) is 0 Å². The molecule has 21 heavy (non-hydrogen) atoms. The molecule has 0 radical (unpaired) electrons. The van der Waals surface area contributed by atoms with Crippen LogP contribution < -0.4 is 5.32 Å². The molecule has 1 unspecified atom stereocenters. The Morgan fingerprint density at radius 2 is 2.14 bits per heavy atom. The normalized spacial score (nSPS) is 12.6. The Morgan fingerprint density at radius 3 is 2.81 bits per heavy atom. The molecule has 0 saturated carbocycles. The quantitative estimate of drug-likeness (QED) is 0.848. The van der Waals surface area contributed by atoms with E-state index in [-0.39, 0.29) is 11.9 Å². The van der Waals surface area contributed by atoms with Gasteiger partial charge in [0.15, 0.2) is 0 Å². The zero-order valence-electron chi connectivity index (χ0n) is 12.6. The van der Waals surface area contributed by atoms with Gasteiger partial charge < -0.3 is 10.2 Å². The standard InChI is InChI=1S/C17H22FN3/c1-19-17(15-6-3-7-16(18)11-15)8-10-21(2)13-14-5-4-9-20-12-14/h3-7,9,11-12,17,19H,8,10,13H2,1-2H3. The van der Waals surface area contributed by atoms with Crippen molar-refractivity contribution in [2.24, 2.45) is 0 Å². The minimum absolute atomic E-state index is 0.164. The first-order valence-electron chi connectivity index (χ1n) is 7.19. The molecule has 0 bridgehead atoms. The summed E-state index contributed by atoms with van der Waals surface area (Å²) in [4.78, 5) is 6.38. The average Bonchev–Trinajstić information content (AvgIpc) is 2.49. The number of aromatic nitrogens is 1. The van der Waals surface area contributed by atoms with Gasteiger partial charge in [0.1, 0.15) is 5.82 Å². The molecule has 0 spiro atoms. The minimum Gasteiger partial charge on any atom is -0.313 e. The Balaban J connectivity index is 1.88. The number of nitrogens with one attached hydrogen (secondary N) is 1. The van der Waals surface area contributed by atoms with Gasteiger partial charge in [0.2, 0.25) is 0 Å². The molecule has 1 N–H and O–H groups in total. The second-order valence-corrected chi connectivity index (χ2v) is 5.28. The predicted octanol–water partition coefficient (Wildman–Crippen LogP) is 3.00. The highest BCUT2D eigenvalue weighted by Crippen LogP contribution is 2.18. The Bertz CT molecular complexity index is 545. The highest BCUT2D eigenvalue weighted by molar-refractivity contribution is 5.20. The number of benzene rings is 1. The van der Waals surface area contributed by atoms with Crippen molar-refractivity contribution in [3.8, 4) is 0 Å². The van der Waals surface area contributed by atoms with E-state index in [9.17, 15) is 4.39 Å². The fourth-order valence-electron chi connectivity index (χ4n) is 2.43. The van der Waals surface area contributed by atoms with Crippen LogP contribution in [0.4, 0.5) is 4.39 Å². The highest BCUT2D eigenvalue weighted by Gasteiger charge is 2.11. The summed E-state index contributed by atoms with van der Waals surface area (Å²) >= 11 is 0. The highest BCUT2D eigenvalue weighted by atomic mass is 19.1. The predicted molar refractivity (Wildman–Crippen MR) is 83.4 cm³/mol. The molecule has 0 saturated heterocycles. The van der Waals surface area contributed by atoms with Crippen molar-refractivity contribution >= 4 is 0 Å². The first kappa shape index (κ1) is 15.6. The maximum atomic E-state index is 13.3. The molecule has 2 aromatic rings. The molecular weight excluding hydrogens is 265 g/mol. The van der Waals surface area contributed by atoms with Gasteiger partial charge in [0.25, 0.3) is 0 Å². The van der Waals surface area contributed by atoms with E-state index in [1.54, 1.807) is 18.3 Å². The molecule has 0 aliphatic heterocycles. The van der Waals surface area contributed by atoms with Crippen LogP contribution in [0, 0.1) is 5.82 Å². The lowest BCUT2D eigenvalue weighted by Crippen LogP contribution is -2.25. The monoisotopic (exact) mass is 287 g/mol. The number of rotatable bonds is 7. The largest absolute Gasteiger partial charge is 0.313 e. The Morgan fingerprint density at radius 1 is 1.29 bits per heavy atom. The second-order valence-electron chi connectivity index (χ2n) is 5.28. The van der Waals surface area contributed by atoms with E-state index in [1.807, 2.05) is 25.4 Å². The second kappa shape index (κ2) is 7.86. The summed E-state index contributed by atoms with van der Waals surface area (Å²) in [6.07, 6.45) is 4.60. The van der Waals surface area contributed by atoms with Crippen molar-refractivity contribution in [1.29, 1.82) is 0 Å². The van der Waals surface area contributed by atoms with Crippen LogP contribution in [-0.2, 0) is 6.54 Å². The molecule has 1 aromatic heterocycles. The van der Waals surface area contributed by atoms with Gasteiger partial charge in [-0.15, -0.1) is 0 Å². The van der Waals surface area contributed by atoms with Crippen LogP contribution in [0.2, 0.25) is 0 Å². The molecule has 0 aliphatic carbocycles. The summed E-state index contributed by atoms with van der Waals surface area (Å²) in [6.45, 7) is 1.80. The van der Waals surface area contributed by atoms with Crippen LogP contribution in [0.3, 0.4) is 0 Å². The van der Waals surface area contributed by atoms with Gasteiger partial charge >= 0.3 is 0 Å². The van der Waals surface area contributed by atoms with Crippen molar-refractivity contribution in [2.75, 3.05) is 20.6 Å². The third-order valence-corrected chi connectivity index (χ3v) is 3.57. The summed E-state index contributed by atoms with van der Waals surface area (Å²) in [5, 5.41) is 3.26. The van der Waals surface area contributed by atoms with Crippen molar-refractivity contribution in [3.05, 3.63) is 65.7 Å². The Kier molecular flexibility index (Phi) is 5.84. The van der Waals surface area contributed by atoms with Crippen molar-refractivity contribution in [1.82, 2.24) is 15.2 Å². The van der Waals surface area contributed by atoms with Crippen LogP contribution in [0.15, 0.2) is 48.8 Å². The zero-order valence-corrected chi connectivity index (χ0v) is 12.6. The first-order valence-corrected chi connectivity index (χ1v) is 7.19. The van der Waals surface area contributed by atoms with E-state index < -0.39 is 0 Å². The summed E-state index contributed by atoms with van der Waals surface area (Å²) in [5.74, 6) is -0.184. The summed E-state index contributed by atoms with van der Waals surface area (Å²) in [6, 6.07) is 11.0. The van der Waals surface area contributed by atoms with Gasteiger partial charge in [-0.05, 0) is 56.4 Å². The molecule has 4 heteroatoms. The van der Waals surface area contributed by atoms with Crippen LogP contribution in [0.1, 0.15) is 23.6 Å². The van der Waals surface area contributed by atoms with Crippen LogP contribution >= 0.6 is 0 Å². The molecular formula is C17H22FN3. The Labute approximate surface area is 125 Å². The molecule has 3 nitrogen and oxygen atoms in total. The maximum Gasteiger partial charge on any atom is 0.123 e. The third-order valence-electron chi connectivity index (χ3n) is 3.57. The summed E-state index contributed by atoms with van der Waals surface area (Å²) < 4.78 is 13.3. The Hall–Kier alpha value is -1.78. The number of nitrogens with zero attached hydrogens (tertiary/aromatic N) is 2. The smallest absolute Gasteiger partial charge is 0.123 e. The molecule has 0 aliphatic rings. The lowest BCUT2D eigenvalue weighted by molar-refractivity contribution is 0.303. The number of hydrogen-bond donors (Lipinski definition) is 1. The van der Waals surface area contributed by atoms with Crippen molar-refractivity contribution in [2.45, 2.75) is 19.0 Å². The molecule has 0 fully saturated rings. The summed E-state index contributed by atoms with van der Waals surface area (Å²) in [7, 11) is 4.00. The lowest BCUT2D eigenvalue weighted by Gasteiger charge is -2.22. The topological polar surface area (TPSA) is 28.2 Å². The van der Waals surface area contributed by atoms with Gasteiger partial charge in [0.05, 0.1) is 0 Å². The van der Waals surface area contributed by atoms with Gasteiger partial charge in [-0.3, -0.25) is 4.98 Å². The van der Waals surface area contributed by atoms with Crippen LogP contribution in [0.25, 0.3) is 0 Å². The molecule has 2 rings (SSSR count). The van der Waals surface area contributed by atoms with Gasteiger partial charge in [-0.25, -0.2) is 4.39 Å². The zero-order chi connectivity index (χ0) is 15.1. The molecule has 0 amide bonds. The van der Waals surface area contributed by atoms with Crippen molar-refractivity contribution in [3.63, 3.8) is 0 Å². The number of hydrogen-bond acceptors (Lipinski definition) is 3. The lowest BCUT2D eigenvalue weighted by atomic mass is 10.0. The first-order chi connectivity index (χ1) is 10.2. The van der Waals surface area contributed by atoms with Gasteiger partial charge in [0, 0.05) is 25.0 Å². The summed E-state index contributed by atoms with van der Waals surface area (Å²) in [5.41, 5.74) is 2.19. The van der Waals surface area contributed by atoms with Crippen LogP contribution in [-0.4, -0.2) is 30.5 Å². The van der Waals surface area contributed by atoms with E-state index in [4.69, 9.17) is 0 Å². The maximum absolute atomic E-state index is 13.3. The fraction of sp³-hybridized carbons (Fsp3) is 0.353. The minimum atomic E-state index is -0.184. The molecule has 1 heterocycles. The van der Waals surface area contributed by atoms with Crippen LogP contribution in [0.5, 0.6) is 0 Å². The van der Waals surface area contributed by atoms with E-state index in [0.29, 0.717) is 0 Å². The number of pyridine rings is 1. The fourth-order valence-corrected chi connectivity index (χ4v) is 2.43. The molecule has 112 valence electrons. The van der Waals surface area contributed by atoms with Crippen molar-refractivity contribution < 1.29 is 4.39 Å². The SMILES string of the molecule is CNC(CCN(C)Cc1cccnc1)c1cccc(F)c1. The third kappa shape index (κ3) is 4.92.